The van der Waals surface area contributed by atoms with E-state index >= 15 is 0 Å². The topological polar surface area (TPSA) is 0 Å². The number of halogens is 2. The molecule has 0 unspecified atom stereocenters. The standard InChI is InChI=1S/C11H14Br2/c1-6-5-7(2)9(4)10(8(6)3)11(12)13/h5,11H,1-4H3. The lowest BCUT2D eigenvalue weighted by molar-refractivity contribution is 1.16. The molecule has 0 nitrogen and oxygen atoms in total. The van der Waals surface area contributed by atoms with E-state index in [9.17, 15) is 0 Å². The van der Waals surface area contributed by atoms with Gasteiger partial charge in [0.25, 0.3) is 0 Å². The van der Waals surface area contributed by atoms with Gasteiger partial charge in [0, 0.05) is 0 Å². The molecule has 0 aromatic heterocycles. The Morgan fingerprint density at radius 3 is 1.62 bits per heavy atom. The molecule has 0 radical (unpaired) electrons. The highest BCUT2D eigenvalue weighted by molar-refractivity contribution is 9.24. The summed E-state index contributed by atoms with van der Waals surface area (Å²) >= 11 is 7.14. The van der Waals surface area contributed by atoms with Crippen molar-refractivity contribution in [2.24, 2.45) is 0 Å². The van der Waals surface area contributed by atoms with Crippen LogP contribution in [0.15, 0.2) is 6.07 Å². The summed E-state index contributed by atoms with van der Waals surface area (Å²) in [4.78, 5) is 0. The Kier molecular flexibility index (Phi) is 3.58. The minimum atomic E-state index is 0.263. The Hall–Kier alpha value is 0.180. The first kappa shape index (κ1) is 11.3. The van der Waals surface area contributed by atoms with E-state index < -0.39 is 0 Å². The fourth-order valence-corrected chi connectivity index (χ4v) is 2.95. The van der Waals surface area contributed by atoms with Gasteiger partial charge in [-0.1, -0.05) is 37.9 Å². The van der Waals surface area contributed by atoms with Crippen LogP contribution in [-0.4, -0.2) is 0 Å². The van der Waals surface area contributed by atoms with Gasteiger partial charge in [0.2, 0.25) is 0 Å². The molecule has 0 atom stereocenters. The van der Waals surface area contributed by atoms with Crippen LogP contribution < -0.4 is 0 Å². The summed E-state index contributed by atoms with van der Waals surface area (Å²) in [6.45, 7) is 8.67. The first-order chi connectivity index (χ1) is 5.95. The summed E-state index contributed by atoms with van der Waals surface area (Å²) in [7, 11) is 0. The highest BCUT2D eigenvalue weighted by Crippen LogP contribution is 2.36. The molecule has 1 aromatic rings. The Balaban J connectivity index is 3.46. The fourth-order valence-electron chi connectivity index (χ4n) is 1.57. The van der Waals surface area contributed by atoms with Crippen LogP contribution in [0.2, 0.25) is 0 Å². The SMILES string of the molecule is Cc1cc(C)c(C)c(C(Br)Br)c1C. The Labute approximate surface area is 97.0 Å². The smallest absolute Gasteiger partial charge is 0.0712 e. The first-order valence-electron chi connectivity index (χ1n) is 4.30. The van der Waals surface area contributed by atoms with E-state index in [2.05, 4.69) is 65.6 Å². The zero-order valence-electron chi connectivity index (χ0n) is 8.41. The summed E-state index contributed by atoms with van der Waals surface area (Å²) in [6.07, 6.45) is 0. The van der Waals surface area contributed by atoms with Gasteiger partial charge in [0.1, 0.15) is 0 Å². The maximum Gasteiger partial charge on any atom is 0.0951 e. The normalized spacial score (nSPS) is 11.0. The molecule has 13 heavy (non-hydrogen) atoms. The van der Waals surface area contributed by atoms with Crippen molar-refractivity contribution in [1.29, 1.82) is 0 Å². The molecule has 72 valence electrons. The molecule has 0 bridgehead atoms. The number of benzene rings is 1. The maximum atomic E-state index is 3.57. The van der Waals surface area contributed by atoms with E-state index in [0.717, 1.165) is 0 Å². The molecule has 0 aliphatic heterocycles. The van der Waals surface area contributed by atoms with Gasteiger partial charge in [0.05, 0.1) is 3.74 Å². The second-order valence-electron chi connectivity index (χ2n) is 3.47. The van der Waals surface area contributed by atoms with Crippen molar-refractivity contribution in [3.05, 3.63) is 33.9 Å². The molecule has 1 aromatic carbocycles. The molecule has 0 aliphatic carbocycles. The van der Waals surface area contributed by atoms with E-state index in [1.54, 1.807) is 0 Å². The molecule has 0 saturated heterocycles. The predicted octanol–water partition coefficient (Wildman–Crippen LogP) is 4.71. The zero-order chi connectivity index (χ0) is 10.2. The van der Waals surface area contributed by atoms with E-state index in [1.807, 2.05) is 0 Å². The average Bonchev–Trinajstić information content (AvgIpc) is 2.01. The lowest BCUT2D eigenvalue weighted by Crippen LogP contribution is -1.97. The Morgan fingerprint density at radius 2 is 1.31 bits per heavy atom. The largest absolute Gasteiger partial charge is 0.0951 e. The van der Waals surface area contributed by atoms with Crippen molar-refractivity contribution >= 4 is 31.9 Å². The Bertz CT molecular complexity index is 301. The zero-order valence-corrected chi connectivity index (χ0v) is 11.6. The van der Waals surface area contributed by atoms with Gasteiger partial charge in [-0.25, -0.2) is 0 Å². The molecule has 0 N–H and O–H groups in total. The monoisotopic (exact) mass is 304 g/mol. The van der Waals surface area contributed by atoms with Crippen LogP contribution >= 0.6 is 31.9 Å². The first-order valence-corrected chi connectivity index (χ1v) is 6.13. The van der Waals surface area contributed by atoms with Gasteiger partial charge in [-0.15, -0.1) is 0 Å². The number of hydrogen-bond acceptors (Lipinski definition) is 0. The van der Waals surface area contributed by atoms with Crippen molar-refractivity contribution in [2.45, 2.75) is 31.4 Å². The van der Waals surface area contributed by atoms with Crippen LogP contribution in [0, 0.1) is 27.7 Å². The fraction of sp³-hybridized carbons (Fsp3) is 0.455. The summed E-state index contributed by atoms with van der Waals surface area (Å²) in [5.41, 5.74) is 6.85. The minimum absolute atomic E-state index is 0.263. The highest BCUT2D eigenvalue weighted by atomic mass is 79.9. The van der Waals surface area contributed by atoms with Gasteiger partial charge in [0.15, 0.2) is 0 Å². The van der Waals surface area contributed by atoms with Gasteiger partial charge in [-0.3, -0.25) is 0 Å². The van der Waals surface area contributed by atoms with Crippen LogP contribution in [0.3, 0.4) is 0 Å². The summed E-state index contributed by atoms with van der Waals surface area (Å²) in [5, 5.41) is 0. The van der Waals surface area contributed by atoms with Gasteiger partial charge < -0.3 is 0 Å². The highest BCUT2D eigenvalue weighted by Gasteiger charge is 2.12. The number of hydrogen-bond donors (Lipinski definition) is 0. The third kappa shape index (κ3) is 2.16. The summed E-state index contributed by atoms with van der Waals surface area (Å²) in [6, 6.07) is 2.25. The van der Waals surface area contributed by atoms with Crippen LogP contribution in [0.5, 0.6) is 0 Å². The summed E-state index contributed by atoms with van der Waals surface area (Å²) in [5.74, 6) is 0. The van der Waals surface area contributed by atoms with E-state index in [4.69, 9.17) is 0 Å². The predicted molar refractivity (Wildman–Crippen MR) is 66.0 cm³/mol. The molecule has 0 spiro atoms. The molecule has 0 heterocycles. The second kappa shape index (κ2) is 4.14. The molecule has 1 rings (SSSR count). The van der Waals surface area contributed by atoms with Gasteiger partial charge in [-0.05, 0) is 55.5 Å². The van der Waals surface area contributed by atoms with Crippen molar-refractivity contribution in [1.82, 2.24) is 0 Å². The number of rotatable bonds is 1. The average molecular weight is 306 g/mol. The van der Waals surface area contributed by atoms with E-state index in [1.165, 1.54) is 27.8 Å². The number of aryl methyl sites for hydroxylation is 2. The molecular formula is C11H14Br2. The molecule has 0 fully saturated rings. The van der Waals surface area contributed by atoms with E-state index in [0.29, 0.717) is 0 Å². The van der Waals surface area contributed by atoms with Crippen molar-refractivity contribution in [2.75, 3.05) is 0 Å². The quantitative estimate of drug-likeness (QED) is 0.659. The third-order valence-corrected chi connectivity index (χ3v) is 3.56. The summed E-state index contributed by atoms with van der Waals surface area (Å²) < 4.78 is 0.263. The van der Waals surface area contributed by atoms with Gasteiger partial charge in [-0.2, -0.15) is 0 Å². The lowest BCUT2D eigenvalue weighted by atomic mass is 9.95. The van der Waals surface area contributed by atoms with Crippen molar-refractivity contribution < 1.29 is 0 Å². The molecular weight excluding hydrogens is 292 g/mol. The molecule has 0 aliphatic rings. The maximum absolute atomic E-state index is 3.57. The van der Waals surface area contributed by atoms with E-state index in [-0.39, 0.29) is 3.74 Å². The van der Waals surface area contributed by atoms with Gasteiger partial charge >= 0.3 is 0 Å². The third-order valence-electron chi connectivity index (χ3n) is 2.64. The molecule has 0 saturated carbocycles. The minimum Gasteiger partial charge on any atom is -0.0712 e. The number of alkyl halides is 2. The Morgan fingerprint density at radius 1 is 0.923 bits per heavy atom. The molecule has 0 amide bonds. The lowest BCUT2D eigenvalue weighted by Gasteiger charge is -2.16. The van der Waals surface area contributed by atoms with Crippen LogP contribution in [-0.2, 0) is 0 Å². The van der Waals surface area contributed by atoms with Crippen LogP contribution in [0.1, 0.15) is 31.6 Å². The van der Waals surface area contributed by atoms with Crippen LogP contribution in [0.4, 0.5) is 0 Å². The second-order valence-corrected chi connectivity index (χ2v) is 6.53. The van der Waals surface area contributed by atoms with Crippen LogP contribution in [0.25, 0.3) is 0 Å². The van der Waals surface area contributed by atoms with Crippen molar-refractivity contribution in [3.63, 3.8) is 0 Å². The van der Waals surface area contributed by atoms with Crippen molar-refractivity contribution in [3.8, 4) is 0 Å². The molecule has 2 heteroatoms.